The van der Waals surface area contributed by atoms with Crippen LogP contribution in [0.4, 0.5) is 0 Å². The largest absolute Gasteiger partial charge is 0.471 e. The highest BCUT2D eigenvalue weighted by Crippen LogP contribution is 1.85. The molecule has 0 amide bonds. The molecule has 2 nitrogen and oxygen atoms in total. The van der Waals surface area contributed by atoms with Crippen molar-refractivity contribution in [3.05, 3.63) is 6.42 Å². The van der Waals surface area contributed by atoms with Gasteiger partial charge in [-0.15, -0.1) is 0 Å². The lowest BCUT2D eigenvalue weighted by Gasteiger charge is -1.98. The molecule has 0 rings (SSSR count). The van der Waals surface area contributed by atoms with E-state index in [-0.39, 0.29) is 5.97 Å². The van der Waals surface area contributed by atoms with Crippen LogP contribution in [0.2, 0.25) is 0 Å². The molecule has 0 saturated heterocycles. The Balaban J connectivity index is 3.00. The minimum absolute atomic E-state index is 0.178. The SMILES string of the molecule is C[CH-]CC(=O)OC. The summed E-state index contributed by atoms with van der Waals surface area (Å²) in [5.74, 6) is -0.178. The van der Waals surface area contributed by atoms with E-state index in [0.29, 0.717) is 6.42 Å². The van der Waals surface area contributed by atoms with E-state index in [1.807, 2.05) is 6.92 Å². The summed E-state index contributed by atoms with van der Waals surface area (Å²) < 4.78 is 4.32. The van der Waals surface area contributed by atoms with Gasteiger partial charge in [0.1, 0.15) is 0 Å². The number of carbonyl (C=O) groups is 1. The van der Waals surface area contributed by atoms with Crippen LogP contribution in [0.1, 0.15) is 13.3 Å². The minimum atomic E-state index is -0.178. The lowest BCUT2D eigenvalue weighted by atomic mass is 10.3. The summed E-state index contributed by atoms with van der Waals surface area (Å²) in [7, 11) is 1.38. The fourth-order valence-electron chi connectivity index (χ4n) is 0.250. The van der Waals surface area contributed by atoms with Crippen LogP contribution in [0.15, 0.2) is 0 Å². The van der Waals surface area contributed by atoms with Crippen LogP contribution in [-0.2, 0) is 9.53 Å². The molecular weight excluding hydrogens is 92.1 g/mol. The van der Waals surface area contributed by atoms with Gasteiger partial charge in [-0.3, -0.25) is 4.79 Å². The Morgan fingerprint density at radius 3 is 2.57 bits per heavy atom. The quantitative estimate of drug-likeness (QED) is 0.379. The van der Waals surface area contributed by atoms with Crippen molar-refractivity contribution in [3.8, 4) is 0 Å². The van der Waals surface area contributed by atoms with E-state index in [1.165, 1.54) is 7.11 Å². The fourth-order valence-corrected chi connectivity index (χ4v) is 0.250. The highest BCUT2D eigenvalue weighted by molar-refractivity contribution is 5.70. The van der Waals surface area contributed by atoms with Gasteiger partial charge in [-0.25, -0.2) is 0 Å². The van der Waals surface area contributed by atoms with E-state index in [4.69, 9.17) is 0 Å². The van der Waals surface area contributed by atoms with Gasteiger partial charge in [0, 0.05) is 0 Å². The molecule has 0 aromatic rings. The van der Waals surface area contributed by atoms with Crippen LogP contribution >= 0.6 is 0 Å². The third-order valence-corrected chi connectivity index (χ3v) is 0.598. The second-order valence-corrected chi connectivity index (χ2v) is 1.19. The van der Waals surface area contributed by atoms with Crippen molar-refractivity contribution in [1.82, 2.24) is 0 Å². The molecule has 0 aliphatic heterocycles. The predicted molar refractivity (Wildman–Crippen MR) is 26.6 cm³/mol. The monoisotopic (exact) mass is 101 g/mol. The minimum Gasteiger partial charge on any atom is -0.471 e. The molecule has 0 saturated carbocycles. The zero-order chi connectivity index (χ0) is 5.70. The summed E-state index contributed by atoms with van der Waals surface area (Å²) in [6.07, 6.45) is 2.17. The second kappa shape index (κ2) is 3.65. The maximum Gasteiger partial charge on any atom is 0.275 e. The third-order valence-electron chi connectivity index (χ3n) is 0.598. The summed E-state index contributed by atoms with van der Waals surface area (Å²) in [5, 5.41) is 0. The molecule has 0 heterocycles. The highest BCUT2D eigenvalue weighted by Gasteiger charge is 1.84. The Morgan fingerprint density at radius 1 is 1.86 bits per heavy atom. The van der Waals surface area contributed by atoms with Gasteiger partial charge in [-0.1, -0.05) is 6.42 Å². The molecule has 0 aliphatic rings. The molecule has 0 aromatic heterocycles. The molecular formula is C5H9O2-. The molecule has 0 unspecified atom stereocenters. The summed E-state index contributed by atoms with van der Waals surface area (Å²) >= 11 is 0. The summed E-state index contributed by atoms with van der Waals surface area (Å²) in [4.78, 5) is 10.2. The van der Waals surface area contributed by atoms with Crippen molar-refractivity contribution in [2.45, 2.75) is 13.3 Å². The molecule has 0 radical (unpaired) electrons. The van der Waals surface area contributed by atoms with Gasteiger partial charge in [-0.2, -0.15) is 6.92 Å². The Labute approximate surface area is 43.5 Å². The number of methoxy groups -OCH3 is 1. The normalized spacial score (nSPS) is 8.29. The van der Waals surface area contributed by atoms with Crippen molar-refractivity contribution >= 4 is 5.97 Å². The molecule has 0 N–H and O–H groups in total. The predicted octanol–water partition coefficient (Wildman–Crippen LogP) is 0.774. The molecule has 0 aliphatic carbocycles. The first-order chi connectivity index (χ1) is 3.31. The topological polar surface area (TPSA) is 26.3 Å². The van der Waals surface area contributed by atoms with Crippen molar-refractivity contribution in [3.63, 3.8) is 0 Å². The fraction of sp³-hybridized carbons (Fsp3) is 0.600. The first-order valence-electron chi connectivity index (χ1n) is 2.16. The first kappa shape index (κ1) is 6.47. The molecule has 0 bridgehead atoms. The number of hydrogen-bond donors (Lipinski definition) is 0. The van der Waals surface area contributed by atoms with Crippen molar-refractivity contribution < 1.29 is 9.53 Å². The summed E-state index contributed by atoms with van der Waals surface area (Å²) in [5.41, 5.74) is 0. The standard InChI is InChI=1S/C5H9O2/c1-3-4-5(6)7-2/h3H,4H2,1-2H3/q-1. The van der Waals surface area contributed by atoms with Gasteiger partial charge in [0.25, 0.3) is 5.97 Å². The molecule has 0 fully saturated rings. The van der Waals surface area contributed by atoms with E-state index in [2.05, 4.69) is 4.74 Å². The van der Waals surface area contributed by atoms with E-state index < -0.39 is 0 Å². The van der Waals surface area contributed by atoms with Crippen LogP contribution < -0.4 is 0 Å². The summed E-state index contributed by atoms with van der Waals surface area (Å²) in [6.45, 7) is 1.82. The van der Waals surface area contributed by atoms with Gasteiger partial charge in [0.15, 0.2) is 0 Å². The van der Waals surface area contributed by atoms with Gasteiger partial charge in [0.2, 0.25) is 0 Å². The lowest BCUT2D eigenvalue weighted by molar-refractivity contribution is -0.139. The maximum absolute atomic E-state index is 10.2. The summed E-state index contributed by atoms with van der Waals surface area (Å²) in [6, 6.07) is 0. The smallest absolute Gasteiger partial charge is 0.275 e. The average Bonchev–Trinajstić information content (AvgIpc) is 1.68. The highest BCUT2D eigenvalue weighted by atomic mass is 16.5. The molecule has 0 spiro atoms. The van der Waals surface area contributed by atoms with E-state index >= 15 is 0 Å². The van der Waals surface area contributed by atoms with Crippen molar-refractivity contribution in [2.24, 2.45) is 0 Å². The number of hydrogen-bond acceptors (Lipinski definition) is 2. The van der Waals surface area contributed by atoms with Crippen molar-refractivity contribution in [1.29, 1.82) is 0 Å². The second-order valence-electron chi connectivity index (χ2n) is 1.19. The first-order valence-corrected chi connectivity index (χ1v) is 2.16. The number of carbonyl (C=O) groups excluding carboxylic acids is 1. The zero-order valence-corrected chi connectivity index (χ0v) is 4.60. The average molecular weight is 101 g/mol. The lowest BCUT2D eigenvalue weighted by Crippen LogP contribution is -1.97. The van der Waals surface area contributed by atoms with Crippen molar-refractivity contribution in [2.75, 3.05) is 7.11 Å². The van der Waals surface area contributed by atoms with Gasteiger partial charge < -0.3 is 11.2 Å². The van der Waals surface area contributed by atoms with Gasteiger partial charge in [-0.05, 0) is 0 Å². The Morgan fingerprint density at radius 2 is 2.43 bits per heavy atom. The van der Waals surface area contributed by atoms with Crippen LogP contribution in [0.5, 0.6) is 0 Å². The molecule has 2 heteroatoms. The van der Waals surface area contributed by atoms with Crippen LogP contribution in [-0.4, -0.2) is 13.1 Å². The van der Waals surface area contributed by atoms with E-state index in [1.54, 1.807) is 6.42 Å². The Bertz CT molecular complexity index is 59.1. The number of esters is 1. The van der Waals surface area contributed by atoms with Gasteiger partial charge >= 0.3 is 0 Å². The molecule has 7 heavy (non-hydrogen) atoms. The number of rotatable bonds is 2. The van der Waals surface area contributed by atoms with Gasteiger partial charge in [0.05, 0.1) is 7.11 Å². The molecule has 0 aromatic carbocycles. The molecule has 42 valence electrons. The van der Waals surface area contributed by atoms with E-state index in [0.717, 1.165) is 0 Å². The zero-order valence-electron chi connectivity index (χ0n) is 4.60. The Kier molecular flexibility index (Phi) is 3.38. The Hall–Kier alpha value is -0.530. The number of ether oxygens (including phenoxy) is 1. The van der Waals surface area contributed by atoms with E-state index in [9.17, 15) is 4.79 Å². The third kappa shape index (κ3) is 3.30. The van der Waals surface area contributed by atoms with Crippen LogP contribution in [0.3, 0.4) is 0 Å². The maximum atomic E-state index is 10.2. The molecule has 0 atom stereocenters. The van der Waals surface area contributed by atoms with Crippen LogP contribution in [0, 0.1) is 6.42 Å². The van der Waals surface area contributed by atoms with Crippen LogP contribution in [0.25, 0.3) is 0 Å².